The topological polar surface area (TPSA) is 99.3 Å². The second kappa shape index (κ2) is 7.44. The lowest BCUT2D eigenvalue weighted by Crippen LogP contribution is -2.28. The monoisotopic (exact) mass is 396 g/mol. The molecule has 2 aromatic carbocycles. The zero-order valence-corrected chi connectivity index (χ0v) is 16.4. The number of nitrogens with one attached hydrogen (secondary N) is 3. The van der Waals surface area contributed by atoms with E-state index in [4.69, 9.17) is 0 Å². The Hall–Kier alpha value is -4.00. The highest BCUT2D eigenvalue weighted by molar-refractivity contribution is 6.02. The van der Waals surface area contributed by atoms with Crippen LogP contribution in [0, 0.1) is 0 Å². The number of hydrogen-bond donors (Lipinski definition) is 3. The van der Waals surface area contributed by atoms with Gasteiger partial charge in [0, 0.05) is 29.9 Å². The van der Waals surface area contributed by atoms with Gasteiger partial charge >= 0.3 is 0 Å². The minimum Gasteiger partial charge on any atom is -0.349 e. The highest BCUT2D eigenvalue weighted by Crippen LogP contribution is 2.28. The van der Waals surface area contributed by atoms with Crippen molar-refractivity contribution < 1.29 is 4.79 Å². The fraction of sp³-hybridized carbons (Fsp3) is 0.130. The molecule has 3 N–H and O–H groups in total. The van der Waals surface area contributed by atoms with Crippen LogP contribution in [-0.2, 0) is 0 Å². The number of carbonyl (C=O) groups excluding carboxylic acids is 1. The van der Waals surface area contributed by atoms with Gasteiger partial charge < -0.3 is 10.3 Å². The van der Waals surface area contributed by atoms with Crippen LogP contribution < -0.4 is 5.32 Å². The lowest BCUT2D eigenvalue weighted by Gasteiger charge is -2.12. The van der Waals surface area contributed by atoms with Crippen LogP contribution in [0.25, 0.3) is 33.2 Å². The predicted octanol–water partition coefficient (Wildman–Crippen LogP) is 4.03. The second-order valence-electron chi connectivity index (χ2n) is 7.33. The first-order chi connectivity index (χ1) is 14.7. The Bertz CT molecular complexity index is 1320. The molecule has 0 aliphatic carbocycles. The van der Waals surface area contributed by atoms with E-state index in [1.807, 2.05) is 42.5 Å². The highest BCUT2D eigenvalue weighted by Gasteiger charge is 2.16. The Morgan fingerprint density at radius 1 is 1.07 bits per heavy atom. The van der Waals surface area contributed by atoms with Crippen LogP contribution >= 0.6 is 0 Å². The first kappa shape index (κ1) is 18.1. The molecule has 7 heteroatoms. The molecule has 1 atom stereocenters. The van der Waals surface area contributed by atoms with Gasteiger partial charge in [-0.3, -0.25) is 14.9 Å². The molecule has 1 amide bonds. The van der Waals surface area contributed by atoms with Crippen molar-refractivity contribution in [2.75, 3.05) is 6.54 Å². The summed E-state index contributed by atoms with van der Waals surface area (Å²) in [7, 11) is 0. The molecule has 0 aliphatic rings. The molecule has 0 bridgehead atoms. The molecule has 5 aromatic rings. The van der Waals surface area contributed by atoms with Crippen LogP contribution in [0.5, 0.6) is 0 Å². The summed E-state index contributed by atoms with van der Waals surface area (Å²) in [5.41, 5.74) is 5.38. The number of aromatic nitrogens is 5. The van der Waals surface area contributed by atoms with Gasteiger partial charge in [0.25, 0.3) is 5.91 Å². The van der Waals surface area contributed by atoms with Crippen LogP contribution in [-0.4, -0.2) is 37.6 Å². The Kier molecular flexibility index (Phi) is 4.48. The normalized spacial score (nSPS) is 12.3. The maximum Gasteiger partial charge on any atom is 0.287 e. The van der Waals surface area contributed by atoms with Crippen molar-refractivity contribution in [3.8, 4) is 11.3 Å². The smallest absolute Gasteiger partial charge is 0.287 e. The van der Waals surface area contributed by atoms with Gasteiger partial charge in [0.05, 0.1) is 16.6 Å². The molecule has 148 valence electrons. The largest absolute Gasteiger partial charge is 0.349 e. The van der Waals surface area contributed by atoms with Gasteiger partial charge in [0.2, 0.25) is 0 Å². The fourth-order valence-corrected chi connectivity index (χ4v) is 3.59. The summed E-state index contributed by atoms with van der Waals surface area (Å²) in [5.74, 6) is 0.299. The van der Waals surface area contributed by atoms with E-state index >= 15 is 0 Å². The summed E-state index contributed by atoms with van der Waals surface area (Å²) in [4.78, 5) is 24.3. The van der Waals surface area contributed by atoms with Gasteiger partial charge in [-0.1, -0.05) is 37.3 Å². The van der Waals surface area contributed by atoms with Gasteiger partial charge in [0.15, 0.2) is 5.82 Å². The zero-order chi connectivity index (χ0) is 20.5. The molecule has 7 nitrogen and oxygen atoms in total. The van der Waals surface area contributed by atoms with Crippen molar-refractivity contribution in [1.29, 1.82) is 0 Å². The summed E-state index contributed by atoms with van der Waals surface area (Å²) in [6.45, 7) is 2.63. The zero-order valence-electron chi connectivity index (χ0n) is 16.4. The van der Waals surface area contributed by atoms with Crippen molar-refractivity contribution >= 4 is 27.8 Å². The molecular weight excluding hydrogens is 376 g/mol. The summed E-state index contributed by atoms with van der Waals surface area (Å²) in [6.07, 6.45) is 3.48. The number of imidazole rings is 1. The molecule has 3 heterocycles. The third-order valence-electron chi connectivity index (χ3n) is 5.27. The van der Waals surface area contributed by atoms with Gasteiger partial charge in [-0.05, 0) is 35.7 Å². The summed E-state index contributed by atoms with van der Waals surface area (Å²) in [6, 6.07) is 17.8. The van der Waals surface area contributed by atoms with Crippen LogP contribution in [0.15, 0.2) is 67.0 Å². The number of pyridine rings is 1. The second-order valence-corrected chi connectivity index (χ2v) is 7.33. The summed E-state index contributed by atoms with van der Waals surface area (Å²) >= 11 is 0. The summed E-state index contributed by atoms with van der Waals surface area (Å²) in [5, 5.41) is 11.4. The Morgan fingerprint density at radius 2 is 1.87 bits per heavy atom. The van der Waals surface area contributed by atoms with Crippen molar-refractivity contribution in [2.24, 2.45) is 0 Å². The lowest BCUT2D eigenvalue weighted by atomic mass is 10.0. The SMILES string of the molecule is CC(CNC(=O)c1nc2cc3c(-c4ccncc4)n[nH]c3cc2[nH]1)c1ccccc1. The van der Waals surface area contributed by atoms with E-state index in [0.717, 1.165) is 33.2 Å². The molecular formula is C23H20N6O. The standard InChI is InChI=1S/C23H20N6O/c1-14(15-5-3-2-4-6-15)13-25-23(30)22-26-19-11-17-18(12-20(19)27-22)28-29-21(17)16-7-9-24-10-8-16/h2-12,14H,13H2,1H3,(H,25,30)(H,26,27)(H,28,29). The molecule has 0 saturated carbocycles. The first-order valence-electron chi connectivity index (χ1n) is 9.80. The van der Waals surface area contributed by atoms with Gasteiger partial charge in [0.1, 0.15) is 5.69 Å². The molecule has 0 saturated heterocycles. The predicted molar refractivity (Wildman–Crippen MR) is 116 cm³/mol. The van der Waals surface area contributed by atoms with Crippen molar-refractivity contribution in [1.82, 2.24) is 30.5 Å². The van der Waals surface area contributed by atoms with E-state index in [-0.39, 0.29) is 11.8 Å². The van der Waals surface area contributed by atoms with E-state index in [1.165, 1.54) is 5.56 Å². The van der Waals surface area contributed by atoms with Gasteiger partial charge in [-0.25, -0.2) is 4.98 Å². The Labute approximate surface area is 172 Å². The highest BCUT2D eigenvalue weighted by atomic mass is 16.2. The maximum absolute atomic E-state index is 12.6. The molecule has 1 unspecified atom stereocenters. The van der Waals surface area contributed by atoms with Crippen LogP contribution in [0.4, 0.5) is 0 Å². The van der Waals surface area contributed by atoms with Crippen LogP contribution in [0.3, 0.4) is 0 Å². The molecule has 3 aromatic heterocycles. The third kappa shape index (κ3) is 3.30. The number of aromatic amines is 2. The van der Waals surface area contributed by atoms with E-state index in [9.17, 15) is 4.79 Å². The van der Waals surface area contributed by atoms with E-state index in [0.29, 0.717) is 12.4 Å². The quantitative estimate of drug-likeness (QED) is 0.417. The van der Waals surface area contributed by atoms with Gasteiger partial charge in [-0.2, -0.15) is 5.10 Å². The average molecular weight is 396 g/mol. The molecule has 30 heavy (non-hydrogen) atoms. The Balaban J connectivity index is 1.40. The minimum absolute atomic E-state index is 0.215. The number of hydrogen-bond acceptors (Lipinski definition) is 4. The summed E-state index contributed by atoms with van der Waals surface area (Å²) < 4.78 is 0. The molecule has 5 rings (SSSR count). The lowest BCUT2D eigenvalue weighted by molar-refractivity contribution is 0.0942. The number of nitrogens with zero attached hydrogens (tertiary/aromatic N) is 3. The molecule has 0 radical (unpaired) electrons. The fourth-order valence-electron chi connectivity index (χ4n) is 3.59. The van der Waals surface area contributed by atoms with E-state index in [2.05, 4.69) is 49.5 Å². The van der Waals surface area contributed by atoms with Crippen molar-refractivity contribution in [2.45, 2.75) is 12.8 Å². The minimum atomic E-state index is -0.217. The molecule has 0 aliphatic heterocycles. The number of benzene rings is 2. The van der Waals surface area contributed by atoms with Gasteiger partial charge in [-0.15, -0.1) is 0 Å². The Morgan fingerprint density at radius 3 is 2.67 bits per heavy atom. The number of H-pyrrole nitrogens is 2. The number of rotatable bonds is 5. The number of fused-ring (bicyclic) bond motifs is 2. The maximum atomic E-state index is 12.6. The van der Waals surface area contributed by atoms with E-state index in [1.54, 1.807) is 12.4 Å². The number of carbonyl (C=O) groups is 1. The first-order valence-corrected chi connectivity index (χ1v) is 9.80. The third-order valence-corrected chi connectivity index (χ3v) is 5.27. The van der Waals surface area contributed by atoms with Crippen molar-refractivity contribution in [3.63, 3.8) is 0 Å². The van der Waals surface area contributed by atoms with Crippen LogP contribution in [0.1, 0.15) is 29.0 Å². The van der Waals surface area contributed by atoms with Crippen LogP contribution in [0.2, 0.25) is 0 Å². The molecule has 0 spiro atoms. The average Bonchev–Trinajstić information content (AvgIpc) is 3.40. The van der Waals surface area contributed by atoms with Crippen molar-refractivity contribution in [3.05, 3.63) is 78.4 Å². The van der Waals surface area contributed by atoms with E-state index < -0.39 is 0 Å². The molecule has 0 fully saturated rings. The number of amides is 1.